The van der Waals surface area contributed by atoms with E-state index >= 15 is 0 Å². The Bertz CT molecular complexity index is 905. The number of hydrogen-bond donors (Lipinski definition) is 1. The highest BCUT2D eigenvalue weighted by Gasteiger charge is 2.06. The summed E-state index contributed by atoms with van der Waals surface area (Å²) in [4.78, 5) is 15.1. The highest BCUT2D eigenvalue weighted by molar-refractivity contribution is 6.30. The normalized spacial score (nSPS) is 10.5. The van der Waals surface area contributed by atoms with Crippen LogP contribution in [0.4, 0.5) is 0 Å². The number of rotatable bonds is 2. The van der Waals surface area contributed by atoms with Crippen LogP contribution < -0.4 is 5.43 Å². The Hall–Kier alpha value is -2.57. The van der Waals surface area contributed by atoms with Crippen LogP contribution in [0.1, 0.15) is 16.7 Å². The molecular formula is C17H11ClN2O. The van der Waals surface area contributed by atoms with Crippen LogP contribution >= 0.6 is 11.6 Å². The van der Waals surface area contributed by atoms with E-state index in [-0.39, 0.29) is 11.0 Å². The van der Waals surface area contributed by atoms with Crippen molar-refractivity contribution in [3.8, 4) is 6.07 Å². The second-order valence-electron chi connectivity index (χ2n) is 4.83. The van der Waals surface area contributed by atoms with E-state index < -0.39 is 0 Å². The number of nitriles is 1. The zero-order valence-electron chi connectivity index (χ0n) is 11.1. The molecule has 0 saturated carbocycles. The number of aromatic amines is 1. The van der Waals surface area contributed by atoms with Crippen LogP contribution in [-0.4, -0.2) is 4.98 Å². The fourth-order valence-corrected chi connectivity index (χ4v) is 2.42. The Kier molecular flexibility index (Phi) is 3.47. The standard InChI is InChI=1S/C17H11ClN2O/c18-14-4-1-11(2-5-14)7-12-3-6-16-15(8-12)17(21)13(9-19)10-20-16/h1-6,8,10H,7H2,(H,20,21). The number of halogens is 1. The van der Waals surface area contributed by atoms with Gasteiger partial charge in [0.25, 0.3) is 0 Å². The first-order valence-electron chi connectivity index (χ1n) is 6.46. The maximum absolute atomic E-state index is 12.1. The molecule has 0 radical (unpaired) electrons. The highest BCUT2D eigenvalue weighted by Crippen LogP contribution is 2.16. The first-order valence-corrected chi connectivity index (χ1v) is 6.84. The number of pyridine rings is 1. The lowest BCUT2D eigenvalue weighted by Crippen LogP contribution is -2.07. The molecule has 0 aliphatic carbocycles. The van der Waals surface area contributed by atoms with Crippen molar-refractivity contribution >= 4 is 22.5 Å². The second-order valence-corrected chi connectivity index (χ2v) is 5.26. The first kappa shape index (κ1) is 13.4. The lowest BCUT2D eigenvalue weighted by Gasteiger charge is -2.04. The maximum Gasteiger partial charge on any atom is 0.207 e. The van der Waals surface area contributed by atoms with Gasteiger partial charge in [0.2, 0.25) is 5.43 Å². The van der Waals surface area contributed by atoms with E-state index in [1.54, 1.807) is 0 Å². The summed E-state index contributed by atoms with van der Waals surface area (Å²) in [7, 11) is 0. The van der Waals surface area contributed by atoms with E-state index in [1.165, 1.54) is 6.20 Å². The largest absolute Gasteiger partial charge is 0.360 e. The van der Waals surface area contributed by atoms with Crippen LogP contribution in [0.3, 0.4) is 0 Å². The summed E-state index contributed by atoms with van der Waals surface area (Å²) in [6.07, 6.45) is 2.16. The van der Waals surface area contributed by atoms with Gasteiger partial charge in [0, 0.05) is 22.1 Å². The van der Waals surface area contributed by atoms with Crippen molar-refractivity contribution < 1.29 is 0 Å². The number of H-pyrrole nitrogens is 1. The van der Waals surface area contributed by atoms with Gasteiger partial charge in [-0.05, 0) is 41.8 Å². The van der Waals surface area contributed by atoms with E-state index in [9.17, 15) is 4.79 Å². The van der Waals surface area contributed by atoms with Crippen LogP contribution in [0.2, 0.25) is 5.02 Å². The van der Waals surface area contributed by atoms with Gasteiger partial charge < -0.3 is 4.98 Å². The van der Waals surface area contributed by atoms with Crippen molar-refractivity contribution in [3.05, 3.63) is 80.6 Å². The Morgan fingerprint density at radius 3 is 2.52 bits per heavy atom. The molecule has 0 spiro atoms. The van der Waals surface area contributed by atoms with Gasteiger partial charge in [-0.25, -0.2) is 0 Å². The van der Waals surface area contributed by atoms with Crippen molar-refractivity contribution in [3.63, 3.8) is 0 Å². The molecule has 3 nitrogen and oxygen atoms in total. The van der Waals surface area contributed by atoms with Crippen LogP contribution in [0.5, 0.6) is 0 Å². The van der Waals surface area contributed by atoms with Gasteiger partial charge in [0.1, 0.15) is 11.6 Å². The number of nitrogens with one attached hydrogen (secondary N) is 1. The summed E-state index contributed by atoms with van der Waals surface area (Å²) in [5, 5.41) is 10.2. The molecule has 4 heteroatoms. The van der Waals surface area contributed by atoms with Gasteiger partial charge in [0.15, 0.2) is 0 Å². The SMILES string of the molecule is N#Cc1c[nH]c2ccc(Cc3ccc(Cl)cc3)cc2c1=O. The molecular weight excluding hydrogens is 284 g/mol. The van der Waals surface area contributed by atoms with Crippen LogP contribution in [0, 0.1) is 11.3 Å². The molecule has 1 aromatic heterocycles. The molecule has 3 aromatic rings. The lowest BCUT2D eigenvalue weighted by atomic mass is 10.0. The summed E-state index contributed by atoms with van der Waals surface area (Å²) in [5.74, 6) is 0. The summed E-state index contributed by atoms with van der Waals surface area (Å²) in [6.45, 7) is 0. The van der Waals surface area contributed by atoms with Crippen LogP contribution in [-0.2, 0) is 6.42 Å². The van der Waals surface area contributed by atoms with E-state index in [0.717, 1.165) is 16.6 Å². The highest BCUT2D eigenvalue weighted by atomic mass is 35.5. The molecule has 0 aliphatic heterocycles. The van der Waals surface area contributed by atoms with Crippen LogP contribution in [0.25, 0.3) is 10.9 Å². The molecule has 1 heterocycles. The third-order valence-electron chi connectivity index (χ3n) is 3.39. The Labute approximate surface area is 126 Å². The van der Waals surface area contributed by atoms with Gasteiger partial charge in [-0.1, -0.05) is 29.8 Å². The zero-order chi connectivity index (χ0) is 14.8. The fourth-order valence-electron chi connectivity index (χ4n) is 2.30. The van der Waals surface area contributed by atoms with Gasteiger partial charge >= 0.3 is 0 Å². The number of hydrogen-bond acceptors (Lipinski definition) is 2. The molecule has 0 unspecified atom stereocenters. The molecule has 1 N–H and O–H groups in total. The van der Waals surface area contributed by atoms with Crippen LogP contribution in [0.15, 0.2) is 53.5 Å². The number of nitrogens with zero attached hydrogens (tertiary/aromatic N) is 1. The zero-order valence-corrected chi connectivity index (χ0v) is 11.8. The minimum Gasteiger partial charge on any atom is -0.360 e. The minimum absolute atomic E-state index is 0.131. The molecule has 0 atom stereocenters. The molecule has 3 rings (SSSR count). The predicted octanol–water partition coefficient (Wildman–Crippen LogP) is 3.64. The third kappa shape index (κ3) is 2.67. The monoisotopic (exact) mass is 294 g/mol. The average Bonchev–Trinajstić information content (AvgIpc) is 2.50. The van der Waals surface area contributed by atoms with E-state index in [1.807, 2.05) is 48.5 Å². The summed E-state index contributed by atoms with van der Waals surface area (Å²) in [5.41, 5.74) is 2.77. The Morgan fingerprint density at radius 2 is 1.81 bits per heavy atom. The molecule has 21 heavy (non-hydrogen) atoms. The summed E-state index contributed by atoms with van der Waals surface area (Å²) in [6, 6.07) is 15.2. The summed E-state index contributed by atoms with van der Waals surface area (Å²) >= 11 is 5.87. The minimum atomic E-state index is -0.232. The van der Waals surface area contributed by atoms with Crippen molar-refractivity contribution in [1.29, 1.82) is 5.26 Å². The van der Waals surface area contributed by atoms with Crippen molar-refractivity contribution in [2.24, 2.45) is 0 Å². The van der Waals surface area contributed by atoms with Gasteiger partial charge in [-0.3, -0.25) is 4.79 Å². The van der Waals surface area contributed by atoms with Gasteiger partial charge in [-0.2, -0.15) is 5.26 Å². The molecule has 0 bridgehead atoms. The van der Waals surface area contributed by atoms with Gasteiger partial charge in [-0.15, -0.1) is 0 Å². The molecule has 0 saturated heterocycles. The average molecular weight is 295 g/mol. The molecule has 0 aliphatic rings. The number of benzene rings is 2. The quantitative estimate of drug-likeness (QED) is 0.784. The first-order chi connectivity index (χ1) is 10.2. The second kappa shape index (κ2) is 5.43. The van der Waals surface area contributed by atoms with Crippen molar-refractivity contribution in [2.45, 2.75) is 6.42 Å². The molecule has 0 amide bonds. The Morgan fingerprint density at radius 1 is 1.10 bits per heavy atom. The molecule has 0 fully saturated rings. The fraction of sp³-hybridized carbons (Fsp3) is 0.0588. The molecule has 2 aromatic carbocycles. The van der Waals surface area contributed by atoms with E-state index in [2.05, 4.69) is 4.98 Å². The summed E-state index contributed by atoms with van der Waals surface area (Å²) < 4.78 is 0. The Balaban J connectivity index is 2.04. The van der Waals surface area contributed by atoms with E-state index in [4.69, 9.17) is 16.9 Å². The topological polar surface area (TPSA) is 56.6 Å². The smallest absolute Gasteiger partial charge is 0.207 e. The number of fused-ring (bicyclic) bond motifs is 1. The van der Waals surface area contributed by atoms with Gasteiger partial charge in [0.05, 0.1) is 0 Å². The lowest BCUT2D eigenvalue weighted by molar-refractivity contribution is 1.19. The van der Waals surface area contributed by atoms with E-state index in [0.29, 0.717) is 16.8 Å². The maximum atomic E-state index is 12.1. The van der Waals surface area contributed by atoms with Crippen molar-refractivity contribution in [2.75, 3.05) is 0 Å². The predicted molar refractivity (Wildman–Crippen MR) is 83.5 cm³/mol. The van der Waals surface area contributed by atoms with Crippen molar-refractivity contribution in [1.82, 2.24) is 4.98 Å². The third-order valence-corrected chi connectivity index (χ3v) is 3.64. The number of aromatic nitrogens is 1. The molecule has 102 valence electrons.